The van der Waals surface area contributed by atoms with E-state index in [0.717, 1.165) is 34.7 Å². The largest absolute Gasteiger partial charge is 0.383 e. The molecule has 1 saturated heterocycles. The van der Waals surface area contributed by atoms with Crippen molar-refractivity contribution in [1.82, 2.24) is 9.97 Å². The zero-order valence-electron chi connectivity index (χ0n) is 10.4. The fraction of sp³-hybridized carbons (Fsp3) is 0.667. The van der Waals surface area contributed by atoms with Crippen LogP contribution in [0.5, 0.6) is 0 Å². The van der Waals surface area contributed by atoms with Gasteiger partial charge in [0.1, 0.15) is 5.82 Å². The molecule has 2 rings (SSSR count). The van der Waals surface area contributed by atoms with Crippen molar-refractivity contribution in [3.8, 4) is 0 Å². The summed E-state index contributed by atoms with van der Waals surface area (Å²) in [5.41, 5.74) is 7.07. The molecule has 5 heteroatoms. The number of nitrogens with zero attached hydrogens (tertiary/aromatic N) is 3. The summed E-state index contributed by atoms with van der Waals surface area (Å²) in [6, 6.07) is 0. The zero-order chi connectivity index (χ0) is 12.4. The van der Waals surface area contributed by atoms with E-state index in [9.17, 15) is 0 Å². The standard InChI is InChI=1S/C12H19IN4/c1-8(2)7-9-10(13)11(14)16-12(15-9)17-5-3-4-6-17/h8H,3-7H2,1-2H3,(H2,14,15,16). The molecule has 0 amide bonds. The van der Waals surface area contributed by atoms with Gasteiger partial charge in [-0.3, -0.25) is 0 Å². The topological polar surface area (TPSA) is 55.0 Å². The van der Waals surface area contributed by atoms with Crippen molar-refractivity contribution in [2.24, 2.45) is 5.92 Å². The minimum atomic E-state index is 0.587. The fourth-order valence-corrected chi connectivity index (χ4v) is 2.54. The first kappa shape index (κ1) is 12.9. The summed E-state index contributed by atoms with van der Waals surface area (Å²) in [5, 5.41) is 0. The van der Waals surface area contributed by atoms with Crippen LogP contribution < -0.4 is 10.6 Å². The summed E-state index contributed by atoms with van der Waals surface area (Å²) in [6.45, 7) is 6.51. The van der Waals surface area contributed by atoms with Gasteiger partial charge in [0.05, 0.1) is 9.26 Å². The quantitative estimate of drug-likeness (QED) is 0.855. The summed E-state index contributed by atoms with van der Waals surface area (Å²) >= 11 is 2.25. The van der Waals surface area contributed by atoms with Gasteiger partial charge in [0.25, 0.3) is 0 Å². The van der Waals surface area contributed by atoms with Crippen molar-refractivity contribution in [3.63, 3.8) is 0 Å². The molecule has 0 radical (unpaired) electrons. The second kappa shape index (κ2) is 5.37. The van der Waals surface area contributed by atoms with Gasteiger partial charge in [0.15, 0.2) is 0 Å². The van der Waals surface area contributed by atoms with E-state index in [2.05, 4.69) is 51.3 Å². The van der Waals surface area contributed by atoms with Crippen molar-refractivity contribution < 1.29 is 0 Å². The van der Waals surface area contributed by atoms with Crippen LogP contribution in [0, 0.1) is 9.49 Å². The highest BCUT2D eigenvalue weighted by Gasteiger charge is 2.18. The van der Waals surface area contributed by atoms with Crippen LogP contribution in [0.1, 0.15) is 32.4 Å². The van der Waals surface area contributed by atoms with Gasteiger partial charge in [-0.2, -0.15) is 4.98 Å². The van der Waals surface area contributed by atoms with Crippen LogP contribution in [-0.2, 0) is 6.42 Å². The fourth-order valence-electron chi connectivity index (χ4n) is 2.08. The van der Waals surface area contributed by atoms with Gasteiger partial charge in [0.2, 0.25) is 5.95 Å². The van der Waals surface area contributed by atoms with Crippen LogP contribution in [0.15, 0.2) is 0 Å². The molecule has 2 N–H and O–H groups in total. The number of rotatable bonds is 3. The highest BCUT2D eigenvalue weighted by Crippen LogP contribution is 2.24. The Labute approximate surface area is 116 Å². The van der Waals surface area contributed by atoms with Crippen molar-refractivity contribution in [1.29, 1.82) is 0 Å². The predicted octanol–water partition coefficient (Wildman–Crippen LogP) is 2.46. The molecule has 1 aromatic rings. The molecular weight excluding hydrogens is 327 g/mol. The molecule has 0 unspecified atom stereocenters. The van der Waals surface area contributed by atoms with Gasteiger partial charge in [-0.15, -0.1) is 0 Å². The average molecular weight is 346 g/mol. The van der Waals surface area contributed by atoms with E-state index < -0.39 is 0 Å². The normalized spacial score (nSPS) is 15.9. The minimum Gasteiger partial charge on any atom is -0.383 e. The van der Waals surface area contributed by atoms with Crippen molar-refractivity contribution >= 4 is 34.4 Å². The Kier molecular flexibility index (Phi) is 4.06. The molecule has 1 fully saturated rings. The second-order valence-electron chi connectivity index (χ2n) is 4.96. The van der Waals surface area contributed by atoms with Gasteiger partial charge in [-0.25, -0.2) is 4.98 Å². The molecule has 0 bridgehead atoms. The highest BCUT2D eigenvalue weighted by molar-refractivity contribution is 14.1. The summed E-state index contributed by atoms with van der Waals surface area (Å²) in [6.07, 6.45) is 3.43. The Morgan fingerprint density at radius 3 is 2.53 bits per heavy atom. The van der Waals surface area contributed by atoms with Gasteiger partial charge < -0.3 is 10.6 Å². The lowest BCUT2D eigenvalue weighted by Gasteiger charge is -2.18. The maximum Gasteiger partial charge on any atom is 0.227 e. The Bertz CT molecular complexity index is 400. The van der Waals surface area contributed by atoms with E-state index in [4.69, 9.17) is 5.73 Å². The Morgan fingerprint density at radius 2 is 1.94 bits per heavy atom. The van der Waals surface area contributed by atoms with Crippen LogP contribution in [0.4, 0.5) is 11.8 Å². The van der Waals surface area contributed by atoms with E-state index in [1.165, 1.54) is 12.8 Å². The van der Waals surface area contributed by atoms with Crippen LogP contribution in [0.3, 0.4) is 0 Å². The Morgan fingerprint density at radius 1 is 1.29 bits per heavy atom. The second-order valence-corrected chi connectivity index (χ2v) is 6.04. The molecule has 0 saturated carbocycles. The third kappa shape index (κ3) is 3.00. The lowest BCUT2D eigenvalue weighted by molar-refractivity contribution is 0.631. The van der Waals surface area contributed by atoms with E-state index in [-0.39, 0.29) is 0 Å². The molecular formula is C12H19IN4. The summed E-state index contributed by atoms with van der Waals surface area (Å²) in [5.74, 6) is 2.03. The number of aromatic nitrogens is 2. The first-order valence-corrected chi connectivity index (χ1v) is 7.22. The number of hydrogen-bond donors (Lipinski definition) is 1. The third-order valence-corrected chi connectivity index (χ3v) is 4.10. The first-order chi connectivity index (χ1) is 8.08. The van der Waals surface area contributed by atoms with Crippen LogP contribution in [-0.4, -0.2) is 23.1 Å². The van der Waals surface area contributed by atoms with Gasteiger partial charge in [-0.05, 0) is 47.8 Å². The third-order valence-electron chi connectivity index (χ3n) is 2.92. The molecule has 94 valence electrons. The highest BCUT2D eigenvalue weighted by atomic mass is 127. The molecule has 17 heavy (non-hydrogen) atoms. The smallest absolute Gasteiger partial charge is 0.227 e. The maximum atomic E-state index is 5.98. The maximum absolute atomic E-state index is 5.98. The number of nitrogen functional groups attached to an aromatic ring is 1. The van der Waals surface area contributed by atoms with Crippen LogP contribution in [0.2, 0.25) is 0 Å². The predicted molar refractivity (Wildman–Crippen MR) is 79.2 cm³/mol. The molecule has 1 aliphatic rings. The zero-order valence-corrected chi connectivity index (χ0v) is 12.6. The minimum absolute atomic E-state index is 0.587. The molecule has 4 nitrogen and oxygen atoms in total. The Hall–Kier alpha value is -0.590. The molecule has 1 aromatic heterocycles. The molecule has 0 aromatic carbocycles. The van der Waals surface area contributed by atoms with Crippen LogP contribution in [0.25, 0.3) is 0 Å². The number of halogens is 1. The van der Waals surface area contributed by atoms with Gasteiger partial charge in [0, 0.05) is 13.1 Å². The summed E-state index contributed by atoms with van der Waals surface area (Å²) in [4.78, 5) is 11.3. The number of hydrogen-bond acceptors (Lipinski definition) is 4. The molecule has 0 aliphatic carbocycles. The average Bonchev–Trinajstić information content (AvgIpc) is 2.77. The number of anilines is 2. The Balaban J connectivity index is 2.31. The lowest BCUT2D eigenvalue weighted by Crippen LogP contribution is -2.22. The van der Waals surface area contributed by atoms with Crippen molar-refractivity contribution in [3.05, 3.63) is 9.26 Å². The lowest BCUT2D eigenvalue weighted by atomic mass is 10.1. The summed E-state index contributed by atoms with van der Waals surface area (Å²) < 4.78 is 1.01. The molecule has 0 spiro atoms. The van der Waals surface area contributed by atoms with E-state index >= 15 is 0 Å². The van der Waals surface area contributed by atoms with Crippen LogP contribution >= 0.6 is 22.6 Å². The monoisotopic (exact) mass is 346 g/mol. The first-order valence-electron chi connectivity index (χ1n) is 6.14. The molecule has 2 heterocycles. The number of nitrogens with two attached hydrogens (primary N) is 1. The van der Waals surface area contributed by atoms with Gasteiger partial charge in [-0.1, -0.05) is 13.8 Å². The van der Waals surface area contributed by atoms with Crippen molar-refractivity contribution in [2.45, 2.75) is 33.1 Å². The summed E-state index contributed by atoms with van der Waals surface area (Å²) in [7, 11) is 0. The molecule has 1 aliphatic heterocycles. The van der Waals surface area contributed by atoms with E-state index in [1.54, 1.807) is 0 Å². The SMILES string of the molecule is CC(C)Cc1nc(N2CCCC2)nc(N)c1I. The van der Waals surface area contributed by atoms with Crippen molar-refractivity contribution in [2.75, 3.05) is 23.7 Å². The van der Waals surface area contributed by atoms with Gasteiger partial charge >= 0.3 is 0 Å². The molecule has 0 atom stereocenters. The van der Waals surface area contributed by atoms with E-state index in [0.29, 0.717) is 11.7 Å². The van der Waals surface area contributed by atoms with E-state index in [1.807, 2.05) is 0 Å².